The third-order valence-corrected chi connectivity index (χ3v) is 6.29. The Labute approximate surface area is 183 Å². The molecule has 0 saturated heterocycles. The molecular weight excluding hydrogens is 388 g/mol. The minimum absolute atomic E-state index is 0.0867. The maximum atomic E-state index is 11.0. The van der Waals surface area contributed by atoms with Crippen molar-refractivity contribution < 1.29 is 14.6 Å². The summed E-state index contributed by atoms with van der Waals surface area (Å²) in [4.78, 5) is 11.0. The molecule has 0 radical (unpaired) electrons. The van der Waals surface area contributed by atoms with Crippen LogP contribution in [-0.2, 0) is 37.2 Å². The molecule has 1 aliphatic carbocycles. The Morgan fingerprint density at radius 2 is 1.87 bits per heavy atom. The van der Waals surface area contributed by atoms with E-state index in [2.05, 4.69) is 30.2 Å². The molecule has 1 heterocycles. The van der Waals surface area contributed by atoms with Gasteiger partial charge in [0.25, 0.3) is 0 Å². The molecule has 5 heteroatoms. The quantitative estimate of drug-likeness (QED) is 0.563. The highest BCUT2D eigenvalue weighted by molar-refractivity contribution is 5.66. The highest BCUT2D eigenvalue weighted by Gasteiger charge is 2.23. The number of fused-ring (bicyclic) bond motifs is 1. The number of aliphatic carboxylic acids is 1. The largest absolute Gasteiger partial charge is 0.488 e. The zero-order chi connectivity index (χ0) is 22.0. The lowest BCUT2D eigenvalue weighted by molar-refractivity contribution is -0.137. The van der Waals surface area contributed by atoms with Crippen molar-refractivity contribution in [2.24, 2.45) is 0 Å². The molecule has 0 saturated carbocycles. The first-order chi connectivity index (χ1) is 14.9. The zero-order valence-corrected chi connectivity index (χ0v) is 18.6. The van der Waals surface area contributed by atoms with Crippen molar-refractivity contribution in [3.8, 4) is 5.75 Å². The maximum absolute atomic E-state index is 11.0. The molecule has 0 fully saturated rings. The van der Waals surface area contributed by atoms with Gasteiger partial charge in [0.05, 0.1) is 18.7 Å². The predicted molar refractivity (Wildman–Crippen MR) is 121 cm³/mol. The van der Waals surface area contributed by atoms with E-state index in [0.29, 0.717) is 13.2 Å². The molecule has 0 aliphatic heterocycles. The average Bonchev–Trinajstić information content (AvgIpc) is 3.33. The van der Waals surface area contributed by atoms with Crippen molar-refractivity contribution >= 4 is 5.97 Å². The fraction of sp³-hybridized carbons (Fsp3) is 0.385. The average molecular weight is 419 g/mol. The first-order valence-corrected chi connectivity index (χ1v) is 11.0. The second-order valence-electron chi connectivity index (χ2n) is 8.46. The van der Waals surface area contributed by atoms with Crippen molar-refractivity contribution in [2.45, 2.75) is 66.0 Å². The normalized spacial score (nSPS) is 12.7. The topological polar surface area (TPSA) is 64.4 Å². The summed E-state index contributed by atoms with van der Waals surface area (Å²) in [6.07, 6.45) is 4.21. The Morgan fingerprint density at radius 1 is 1.13 bits per heavy atom. The molecule has 0 amide bonds. The van der Waals surface area contributed by atoms with Gasteiger partial charge in [-0.25, -0.2) is 0 Å². The van der Waals surface area contributed by atoms with E-state index in [1.54, 1.807) is 0 Å². The van der Waals surface area contributed by atoms with E-state index < -0.39 is 5.97 Å². The van der Waals surface area contributed by atoms with Crippen LogP contribution in [0.5, 0.6) is 5.75 Å². The van der Waals surface area contributed by atoms with E-state index in [9.17, 15) is 4.79 Å². The maximum Gasteiger partial charge on any atom is 0.305 e. The Kier molecular flexibility index (Phi) is 6.12. The molecule has 4 rings (SSSR count). The van der Waals surface area contributed by atoms with Crippen molar-refractivity contribution in [3.05, 3.63) is 81.2 Å². The number of ether oxygens (including phenoxy) is 1. The van der Waals surface area contributed by atoms with E-state index >= 15 is 0 Å². The molecule has 31 heavy (non-hydrogen) atoms. The van der Waals surface area contributed by atoms with Crippen LogP contribution >= 0.6 is 0 Å². The van der Waals surface area contributed by atoms with Gasteiger partial charge in [0.2, 0.25) is 0 Å². The Bertz CT molecular complexity index is 1100. The van der Waals surface area contributed by atoms with Gasteiger partial charge in [-0.15, -0.1) is 0 Å². The molecule has 1 N–H and O–H groups in total. The monoisotopic (exact) mass is 418 g/mol. The lowest BCUT2D eigenvalue weighted by Gasteiger charge is -2.18. The summed E-state index contributed by atoms with van der Waals surface area (Å²) in [7, 11) is 0. The van der Waals surface area contributed by atoms with E-state index in [1.807, 2.05) is 36.7 Å². The molecule has 2 aromatic carbocycles. The SMILES string of the molecule is Cc1cc(Cc2c(C)nn(CCC(=O)O)c2C)c2c(c1OCc1ccccc1)CCC2. The van der Waals surface area contributed by atoms with Gasteiger partial charge in [-0.2, -0.15) is 5.10 Å². The van der Waals surface area contributed by atoms with E-state index in [0.717, 1.165) is 42.8 Å². The third kappa shape index (κ3) is 4.50. The number of aromatic nitrogens is 2. The molecule has 0 atom stereocenters. The van der Waals surface area contributed by atoms with Crippen LogP contribution < -0.4 is 4.74 Å². The molecule has 1 aliphatic rings. The molecule has 1 aromatic heterocycles. The van der Waals surface area contributed by atoms with Crippen molar-refractivity contribution in [1.82, 2.24) is 9.78 Å². The number of benzene rings is 2. The second kappa shape index (κ2) is 8.96. The van der Waals surface area contributed by atoms with Gasteiger partial charge >= 0.3 is 5.97 Å². The van der Waals surface area contributed by atoms with Crippen molar-refractivity contribution in [1.29, 1.82) is 0 Å². The third-order valence-electron chi connectivity index (χ3n) is 6.29. The molecule has 162 valence electrons. The number of rotatable bonds is 8. The standard InChI is InChI=1S/C26H30N2O3/c1-17-14-21(15-24-18(2)27-28(19(24)3)13-12-25(29)30)22-10-7-11-23(22)26(17)31-16-20-8-5-4-6-9-20/h4-6,8-9,14H,7,10-13,15-16H2,1-3H3,(H,29,30). The van der Waals surface area contributed by atoms with Crippen LogP contribution in [0.15, 0.2) is 36.4 Å². The Balaban J connectivity index is 1.60. The van der Waals surface area contributed by atoms with Crippen molar-refractivity contribution in [2.75, 3.05) is 0 Å². The van der Waals surface area contributed by atoms with Crippen LogP contribution in [0.2, 0.25) is 0 Å². The minimum Gasteiger partial charge on any atom is -0.488 e. The minimum atomic E-state index is -0.798. The van der Waals surface area contributed by atoms with Crippen LogP contribution in [0.3, 0.4) is 0 Å². The van der Waals surface area contributed by atoms with Gasteiger partial charge in [-0.05, 0) is 67.9 Å². The lowest BCUT2D eigenvalue weighted by Crippen LogP contribution is -2.08. The van der Waals surface area contributed by atoms with Crippen LogP contribution in [0, 0.1) is 20.8 Å². The molecule has 0 spiro atoms. The fourth-order valence-electron chi connectivity index (χ4n) is 4.69. The summed E-state index contributed by atoms with van der Waals surface area (Å²) < 4.78 is 8.14. The van der Waals surface area contributed by atoms with Crippen molar-refractivity contribution in [3.63, 3.8) is 0 Å². The lowest BCUT2D eigenvalue weighted by atomic mass is 9.93. The number of hydrogen-bond donors (Lipinski definition) is 1. The summed E-state index contributed by atoms with van der Waals surface area (Å²) in [6, 6.07) is 12.6. The fourth-order valence-corrected chi connectivity index (χ4v) is 4.69. The summed E-state index contributed by atoms with van der Waals surface area (Å²) in [5.74, 6) is 0.249. The summed E-state index contributed by atoms with van der Waals surface area (Å²) >= 11 is 0. The number of hydrogen-bond acceptors (Lipinski definition) is 3. The van der Waals surface area contributed by atoms with E-state index in [1.165, 1.54) is 33.4 Å². The molecular formula is C26H30N2O3. The smallest absolute Gasteiger partial charge is 0.305 e. The van der Waals surface area contributed by atoms with Gasteiger partial charge < -0.3 is 9.84 Å². The first kappa shape index (κ1) is 21.2. The zero-order valence-electron chi connectivity index (χ0n) is 18.6. The predicted octanol–water partition coefficient (Wildman–Crippen LogP) is 4.94. The van der Waals surface area contributed by atoms with Crippen LogP contribution in [0.1, 0.15) is 57.6 Å². The van der Waals surface area contributed by atoms with Gasteiger partial charge in [-0.1, -0.05) is 36.4 Å². The van der Waals surface area contributed by atoms with Gasteiger partial charge in [0.15, 0.2) is 0 Å². The Morgan fingerprint density at radius 3 is 2.61 bits per heavy atom. The number of carbonyl (C=O) groups is 1. The second-order valence-corrected chi connectivity index (χ2v) is 8.46. The number of nitrogens with zero attached hydrogens (tertiary/aromatic N) is 2. The Hall–Kier alpha value is -3.08. The number of aryl methyl sites for hydroxylation is 3. The van der Waals surface area contributed by atoms with Gasteiger partial charge in [0.1, 0.15) is 12.4 Å². The number of carboxylic acids is 1. The summed E-state index contributed by atoms with van der Waals surface area (Å²) in [5, 5.41) is 13.6. The van der Waals surface area contributed by atoms with Crippen LogP contribution in [0.25, 0.3) is 0 Å². The van der Waals surface area contributed by atoms with E-state index in [-0.39, 0.29) is 6.42 Å². The van der Waals surface area contributed by atoms with Crippen LogP contribution in [-0.4, -0.2) is 20.9 Å². The van der Waals surface area contributed by atoms with Crippen LogP contribution in [0.4, 0.5) is 0 Å². The van der Waals surface area contributed by atoms with Gasteiger partial charge in [0, 0.05) is 17.7 Å². The van der Waals surface area contributed by atoms with E-state index in [4.69, 9.17) is 9.84 Å². The highest BCUT2D eigenvalue weighted by atomic mass is 16.5. The highest BCUT2D eigenvalue weighted by Crippen LogP contribution is 2.38. The molecule has 0 unspecified atom stereocenters. The first-order valence-electron chi connectivity index (χ1n) is 11.0. The van der Waals surface area contributed by atoms with Gasteiger partial charge in [-0.3, -0.25) is 9.48 Å². The molecule has 0 bridgehead atoms. The summed E-state index contributed by atoms with van der Waals surface area (Å²) in [6.45, 7) is 7.19. The molecule has 5 nitrogen and oxygen atoms in total. The molecule has 3 aromatic rings. The summed E-state index contributed by atoms with van der Waals surface area (Å²) in [5.41, 5.74) is 9.74. The number of carboxylic acid groups (broad SMARTS) is 1.